The minimum Gasteiger partial charge on any atom is -0.508 e. The molecular formula is C16H26N2O2. The SMILES string of the molecule is CCN(C(=O)C(C)CCCN)C(C)c1cccc(O)c1. The van der Waals surface area contributed by atoms with Crippen molar-refractivity contribution in [1.29, 1.82) is 0 Å². The first-order chi connectivity index (χ1) is 9.51. The molecule has 0 heterocycles. The Morgan fingerprint density at radius 1 is 1.40 bits per heavy atom. The molecule has 0 aliphatic heterocycles. The Bertz CT molecular complexity index is 434. The standard InChI is InChI=1S/C16H26N2O2/c1-4-18(16(20)12(2)7-6-10-17)13(3)14-8-5-9-15(19)11-14/h5,8-9,11-13,19H,4,6-7,10,17H2,1-3H3. The number of carbonyl (C=O) groups is 1. The molecule has 1 rings (SSSR count). The number of rotatable bonds is 7. The summed E-state index contributed by atoms with van der Waals surface area (Å²) < 4.78 is 0. The molecule has 0 saturated heterocycles. The van der Waals surface area contributed by atoms with Crippen LogP contribution in [0, 0.1) is 5.92 Å². The number of benzene rings is 1. The predicted octanol–water partition coefficient (Wildman–Crippen LogP) is 2.68. The number of hydrogen-bond donors (Lipinski definition) is 2. The second-order valence-electron chi connectivity index (χ2n) is 5.23. The van der Waals surface area contributed by atoms with Crippen LogP contribution in [-0.2, 0) is 4.79 Å². The third kappa shape index (κ3) is 4.23. The van der Waals surface area contributed by atoms with Crippen LogP contribution in [-0.4, -0.2) is 29.0 Å². The molecule has 0 spiro atoms. The molecule has 1 aromatic carbocycles. The minimum atomic E-state index is -0.0417. The summed E-state index contributed by atoms with van der Waals surface area (Å²) in [5.74, 6) is 0.365. The van der Waals surface area contributed by atoms with Crippen LogP contribution in [0.4, 0.5) is 0 Å². The van der Waals surface area contributed by atoms with E-state index in [4.69, 9.17) is 5.73 Å². The molecule has 4 heteroatoms. The van der Waals surface area contributed by atoms with Crippen molar-refractivity contribution in [3.63, 3.8) is 0 Å². The van der Waals surface area contributed by atoms with Crippen molar-refractivity contribution in [2.45, 2.75) is 39.7 Å². The molecule has 0 bridgehead atoms. The Balaban J connectivity index is 2.81. The predicted molar refractivity (Wildman–Crippen MR) is 81.4 cm³/mol. The lowest BCUT2D eigenvalue weighted by Crippen LogP contribution is -2.37. The molecule has 0 saturated carbocycles. The number of hydrogen-bond acceptors (Lipinski definition) is 3. The van der Waals surface area contributed by atoms with Crippen LogP contribution in [0.25, 0.3) is 0 Å². The Kier molecular flexibility index (Phi) is 6.52. The van der Waals surface area contributed by atoms with Crippen LogP contribution in [0.5, 0.6) is 5.75 Å². The molecule has 4 nitrogen and oxygen atoms in total. The Morgan fingerprint density at radius 2 is 2.10 bits per heavy atom. The molecule has 2 atom stereocenters. The van der Waals surface area contributed by atoms with Gasteiger partial charge < -0.3 is 15.7 Å². The zero-order valence-electron chi connectivity index (χ0n) is 12.7. The molecule has 0 fully saturated rings. The largest absolute Gasteiger partial charge is 0.508 e. The molecular weight excluding hydrogens is 252 g/mol. The second-order valence-corrected chi connectivity index (χ2v) is 5.23. The van der Waals surface area contributed by atoms with Gasteiger partial charge in [-0.15, -0.1) is 0 Å². The molecule has 0 radical (unpaired) electrons. The number of amides is 1. The van der Waals surface area contributed by atoms with Gasteiger partial charge in [-0.05, 0) is 50.9 Å². The normalized spacial score (nSPS) is 13.8. The third-order valence-electron chi connectivity index (χ3n) is 3.71. The Morgan fingerprint density at radius 3 is 2.65 bits per heavy atom. The maximum absolute atomic E-state index is 12.5. The fourth-order valence-corrected chi connectivity index (χ4v) is 2.42. The van der Waals surface area contributed by atoms with Crippen LogP contribution in [0.2, 0.25) is 0 Å². The lowest BCUT2D eigenvalue weighted by Gasteiger charge is -2.31. The highest BCUT2D eigenvalue weighted by atomic mass is 16.3. The van der Waals surface area contributed by atoms with Gasteiger partial charge in [0.1, 0.15) is 5.75 Å². The van der Waals surface area contributed by atoms with E-state index in [1.54, 1.807) is 18.2 Å². The number of carbonyl (C=O) groups excluding carboxylic acids is 1. The summed E-state index contributed by atoms with van der Waals surface area (Å²) in [6, 6.07) is 7.05. The average molecular weight is 278 g/mol. The highest BCUT2D eigenvalue weighted by Gasteiger charge is 2.24. The van der Waals surface area contributed by atoms with Crippen molar-refractivity contribution in [3.05, 3.63) is 29.8 Å². The maximum Gasteiger partial charge on any atom is 0.225 e. The van der Waals surface area contributed by atoms with E-state index in [0.717, 1.165) is 18.4 Å². The van der Waals surface area contributed by atoms with Crippen molar-refractivity contribution >= 4 is 5.91 Å². The summed E-state index contributed by atoms with van der Waals surface area (Å²) in [5, 5.41) is 9.56. The van der Waals surface area contributed by atoms with Gasteiger partial charge in [-0.25, -0.2) is 0 Å². The molecule has 20 heavy (non-hydrogen) atoms. The van der Waals surface area contributed by atoms with Crippen LogP contribution in [0.1, 0.15) is 45.2 Å². The van der Waals surface area contributed by atoms with Gasteiger partial charge in [0.25, 0.3) is 0 Å². The molecule has 2 unspecified atom stereocenters. The van der Waals surface area contributed by atoms with Gasteiger partial charge >= 0.3 is 0 Å². The number of nitrogens with zero attached hydrogens (tertiary/aromatic N) is 1. The van der Waals surface area contributed by atoms with E-state index in [1.807, 2.05) is 31.7 Å². The van der Waals surface area contributed by atoms with E-state index in [2.05, 4.69) is 0 Å². The molecule has 1 amide bonds. The first-order valence-electron chi connectivity index (χ1n) is 7.30. The van der Waals surface area contributed by atoms with Gasteiger partial charge in [-0.1, -0.05) is 19.1 Å². The van der Waals surface area contributed by atoms with E-state index in [0.29, 0.717) is 13.1 Å². The monoisotopic (exact) mass is 278 g/mol. The van der Waals surface area contributed by atoms with Gasteiger partial charge in [0.05, 0.1) is 6.04 Å². The van der Waals surface area contributed by atoms with E-state index < -0.39 is 0 Å². The fraction of sp³-hybridized carbons (Fsp3) is 0.562. The van der Waals surface area contributed by atoms with Crippen LogP contribution < -0.4 is 5.73 Å². The van der Waals surface area contributed by atoms with Gasteiger partial charge in [0.2, 0.25) is 5.91 Å². The third-order valence-corrected chi connectivity index (χ3v) is 3.71. The van der Waals surface area contributed by atoms with Crippen LogP contribution >= 0.6 is 0 Å². The number of nitrogens with two attached hydrogens (primary N) is 1. The second kappa shape index (κ2) is 7.90. The topological polar surface area (TPSA) is 66.6 Å². The van der Waals surface area contributed by atoms with Crippen molar-refractivity contribution in [2.24, 2.45) is 11.7 Å². The van der Waals surface area contributed by atoms with Gasteiger partial charge in [0, 0.05) is 12.5 Å². The van der Waals surface area contributed by atoms with Crippen molar-refractivity contribution < 1.29 is 9.90 Å². The van der Waals surface area contributed by atoms with Crippen LogP contribution in [0.15, 0.2) is 24.3 Å². The summed E-state index contributed by atoms with van der Waals surface area (Å²) in [7, 11) is 0. The van der Waals surface area contributed by atoms with Gasteiger partial charge in [0.15, 0.2) is 0 Å². The number of phenolic OH excluding ortho intramolecular Hbond substituents is 1. The van der Waals surface area contributed by atoms with Crippen molar-refractivity contribution in [3.8, 4) is 5.75 Å². The molecule has 0 aliphatic rings. The molecule has 0 aliphatic carbocycles. The van der Waals surface area contributed by atoms with E-state index in [9.17, 15) is 9.90 Å². The quantitative estimate of drug-likeness (QED) is 0.806. The molecule has 0 aromatic heterocycles. The van der Waals surface area contributed by atoms with Crippen LogP contribution in [0.3, 0.4) is 0 Å². The summed E-state index contributed by atoms with van der Waals surface area (Å²) in [6.07, 6.45) is 1.68. The number of aromatic hydroxyl groups is 1. The van der Waals surface area contributed by atoms with Gasteiger partial charge in [-0.2, -0.15) is 0 Å². The Labute approximate surface area is 121 Å². The van der Waals surface area contributed by atoms with E-state index in [-0.39, 0.29) is 23.6 Å². The van der Waals surface area contributed by atoms with Crippen molar-refractivity contribution in [1.82, 2.24) is 4.90 Å². The summed E-state index contributed by atoms with van der Waals surface area (Å²) in [6.45, 7) is 7.20. The zero-order valence-corrected chi connectivity index (χ0v) is 12.7. The molecule has 1 aromatic rings. The highest BCUT2D eigenvalue weighted by Crippen LogP contribution is 2.25. The summed E-state index contributed by atoms with van der Waals surface area (Å²) >= 11 is 0. The number of phenols is 1. The molecule has 3 N–H and O–H groups in total. The first-order valence-corrected chi connectivity index (χ1v) is 7.30. The smallest absolute Gasteiger partial charge is 0.225 e. The highest BCUT2D eigenvalue weighted by molar-refractivity contribution is 5.79. The minimum absolute atomic E-state index is 0.0155. The summed E-state index contributed by atoms with van der Waals surface area (Å²) in [5.41, 5.74) is 6.45. The summed E-state index contributed by atoms with van der Waals surface area (Å²) in [4.78, 5) is 14.4. The first kappa shape index (κ1) is 16.5. The van der Waals surface area contributed by atoms with E-state index >= 15 is 0 Å². The molecule has 112 valence electrons. The lowest BCUT2D eigenvalue weighted by atomic mass is 10.0. The maximum atomic E-state index is 12.5. The zero-order chi connectivity index (χ0) is 15.1. The lowest BCUT2D eigenvalue weighted by molar-refractivity contribution is -0.137. The average Bonchev–Trinajstić information content (AvgIpc) is 2.45. The van der Waals surface area contributed by atoms with Crippen molar-refractivity contribution in [2.75, 3.05) is 13.1 Å². The Hall–Kier alpha value is -1.55. The van der Waals surface area contributed by atoms with Gasteiger partial charge in [-0.3, -0.25) is 4.79 Å². The fourth-order valence-electron chi connectivity index (χ4n) is 2.42. The van der Waals surface area contributed by atoms with E-state index in [1.165, 1.54) is 0 Å².